The summed E-state index contributed by atoms with van der Waals surface area (Å²) in [6.45, 7) is 1.91. The summed E-state index contributed by atoms with van der Waals surface area (Å²) in [5.74, 6) is -0.742. The summed E-state index contributed by atoms with van der Waals surface area (Å²) in [6, 6.07) is 10.1. The second-order valence-corrected chi connectivity index (χ2v) is 4.60. The molecule has 0 bridgehead atoms. The van der Waals surface area contributed by atoms with E-state index in [2.05, 4.69) is 4.90 Å². The summed E-state index contributed by atoms with van der Waals surface area (Å²) in [4.78, 5) is 12.8. The second-order valence-electron chi connectivity index (χ2n) is 4.60. The fraction of sp³-hybridized carbons (Fsp3) is 0.533. The number of anilines is 1. The first-order valence-electron chi connectivity index (χ1n) is 6.86. The number of hydrogen-bond donors (Lipinski definition) is 2. The van der Waals surface area contributed by atoms with Crippen molar-refractivity contribution in [2.45, 2.75) is 32.1 Å². The largest absolute Gasteiger partial charge is 0.481 e. The summed E-state index contributed by atoms with van der Waals surface area (Å²) < 4.78 is 0. The van der Waals surface area contributed by atoms with E-state index < -0.39 is 5.97 Å². The number of aliphatic carboxylic acids is 1. The van der Waals surface area contributed by atoms with Gasteiger partial charge in [-0.2, -0.15) is 0 Å². The average molecular weight is 265 g/mol. The Kier molecular flexibility index (Phi) is 7.66. The molecule has 0 fully saturated rings. The standard InChI is InChI=1S/C15H23NO3/c17-13-6-2-5-11-16(12-7-10-15(18)19)14-8-3-1-4-9-14/h1,3-4,8-9,17H,2,5-7,10-13H2,(H,18,19). The smallest absolute Gasteiger partial charge is 0.303 e. The van der Waals surface area contributed by atoms with E-state index >= 15 is 0 Å². The number of nitrogens with zero attached hydrogens (tertiary/aromatic N) is 1. The average Bonchev–Trinajstić information content (AvgIpc) is 2.42. The number of rotatable bonds is 10. The number of hydrogen-bond acceptors (Lipinski definition) is 3. The first kappa shape index (κ1) is 15.5. The molecule has 0 amide bonds. The van der Waals surface area contributed by atoms with Crippen LogP contribution in [0.4, 0.5) is 5.69 Å². The molecular formula is C15H23NO3. The Bertz CT molecular complexity index is 354. The van der Waals surface area contributed by atoms with Crippen LogP contribution in [-0.2, 0) is 4.79 Å². The van der Waals surface area contributed by atoms with E-state index in [0.29, 0.717) is 6.42 Å². The van der Waals surface area contributed by atoms with E-state index in [1.807, 2.05) is 30.3 Å². The first-order valence-corrected chi connectivity index (χ1v) is 6.86. The number of unbranched alkanes of at least 4 members (excludes halogenated alkanes) is 2. The quantitative estimate of drug-likeness (QED) is 0.638. The lowest BCUT2D eigenvalue weighted by Crippen LogP contribution is -2.26. The summed E-state index contributed by atoms with van der Waals surface area (Å²) in [5, 5.41) is 17.5. The van der Waals surface area contributed by atoms with Gasteiger partial charge in [0.2, 0.25) is 0 Å². The maximum Gasteiger partial charge on any atom is 0.303 e. The van der Waals surface area contributed by atoms with Gasteiger partial charge < -0.3 is 15.1 Å². The van der Waals surface area contributed by atoms with Gasteiger partial charge >= 0.3 is 5.97 Å². The molecule has 0 saturated heterocycles. The monoisotopic (exact) mass is 265 g/mol. The molecule has 0 aliphatic rings. The Morgan fingerprint density at radius 2 is 1.68 bits per heavy atom. The third kappa shape index (κ3) is 6.82. The van der Waals surface area contributed by atoms with E-state index in [1.54, 1.807) is 0 Å². The molecule has 1 aromatic carbocycles. The van der Waals surface area contributed by atoms with Gasteiger partial charge in [-0.15, -0.1) is 0 Å². The summed E-state index contributed by atoms with van der Waals surface area (Å²) >= 11 is 0. The van der Waals surface area contributed by atoms with Crippen LogP contribution in [0.3, 0.4) is 0 Å². The highest BCUT2D eigenvalue weighted by Crippen LogP contribution is 2.15. The van der Waals surface area contributed by atoms with Gasteiger partial charge in [-0.25, -0.2) is 0 Å². The Morgan fingerprint density at radius 1 is 1.00 bits per heavy atom. The Hall–Kier alpha value is -1.55. The molecule has 1 aromatic rings. The predicted molar refractivity (Wildman–Crippen MR) is 76.5 cm³/mol. The third-order valence-electron chi connectivity index (χ3n) is 3.03. The predicted octanol–water partition coefficient (Wildman–Crippen LogP) is 2.52. The van der Waals surface area contributed by atoms with Crippen LogP contribution in [0.25, 0.3) is 0 Å². The molecule has 0 aliphatic heterocycles. The molecule has 19 heavy (non-hydrogen) atoms. The summed E-state index contributed by atoms with van der Waals surface area (Å²) in [7, 11) is 0. The Morgan fingerprint density at radius 3 is 2.32 bits per heavy atom. The number of aliphatic hydroxyl groups is 1. The lowest BCUT2D eigenvalue weighted by atomic mass is 10.2. The van der Waals surface area contributed by atoms with Crippen molar-refractivity contribution in [2.75, 3.05) is 24.6 Å². The maximum absolute atomic E-state index is 10.6. The molecule has 1 rings (SSSR count). The van der Waals surface area contributed by atoms with Gasteiger partial charge in [0.1, 0.15) is 0 Å². The van der Waals surface area contributed by atoms with Gasteiger partial charge in [-0.05, 0) is 37.8 Å². The first-order chi connectivity index (χ1) is 9.24. The van der Waals surface area contributed by atoms with E-state index in [4.69, 9.17) is 10.2 Å². The zero-order valence-electron chi connectivity index (χ0n) is 11.3. The molecule has 0 radical (unpaired) electrons. The van der Waals surface area contributed by atoms with Crippen molar-refractivity contribution in [3.8, 4) is 0 Å². The van der Waals surface area contributed by atoms with Crippen LogP contribution in [0.2, 0.25) is 0 Å². The van der Waals surface area contributed by atoms with Crippen LogP contribution in [0.5, 0.6) is 0 Å². The fourth-order valence-electron chi connectivity index (χ4n) is 2.02. The number of aliphatic hydroxyl groups excluding tert-OH is 1. The molecule has 0 atom stereocenters. The SMILES string of the molecule is O=C(O)CCCN(CCCCCO)c1ccccc1. The highest BCUT2D eigenvalue weighted by atomic mass is 16.4. The Labute approximate surface area is 114 Å². The molecule has 4 nitrogen and oxygen atoms in total. The minimum absolute atomic E-state index is 0.208. The minimum atomic E-state index is -0.742. The number of benzene rings is 1. The molecule has 2 N–H and O–H groups in total. The van der Waals surface area contributed by atoms with Crippen molar-refractivity contribution in [1.82, 2.24) is 0 Å². The number of para-hydroxylation sites is 1. The topological polar surface area (TPSA) is 60.8 Å². The zero-order valence-corrected chi connectivity index (χ0v) is 11.3. The molecular weight excluding hydrogens is 242 g/mol. The highest BCUT2D eigenvalue weighted by molar-refractivity contribution is 5.66. The fourth-order valence-corrected chi connectivity index (χ4v) is 2.02. The van der Waals surface area contributed by atoms with E-state index in [0.717, 1.165) is 38.0 Å². The zero-order chi connectivity index (χ0) is 13.9. The van der Waals surface area contributed by atoms with E-state index in [1.165, 1.54) is 0 Å². The van der Waals surface area contributed by atoms with Crippen LogP contribution in [0.15, 0.2) is 30.3 Å². The van der Waals surface area contributed by atoms with Gasteiger partial charge in [0.05, 0.1) is 0 Å². The second kappa shape index (κ2) is 9.39. The minimum Gasteiger partial charge on any atom is -0.481 e. The molecule has 4 heteroatoms. The lowest BCUT2D eigenvalue weighted by Gasteiger charge is -2.24. The van der Waals surface area contributed by atoms with Crippen molar-refractivity contribution < 1.29 is 15.0 Å². The van der Waals surface area contributed by atoms with Crippen LogP contribution >= 0.6 is 0 Å². The van der Waals surface area contributed by atoms with Crippen LogP contribution in [-0.4, -0.2) is 35.9 Å². The number of carboxylic acids is 1. The van der Waals surface area contributed by atoms with Gasteiger partial charge in [0.25, 0.3) is 0 Å². The van der Waals surface area contributed by atoms with Crippen molar-refractivity contribution in [1.29, 1.82) is 0 Å². The van der Waals surface area contributed by atoms with E-state index in [-0.39, 0.29) is 13.0 Å². The molecule has 106 valence electrons. The molecule has 0 heterocycles. The van der Waals surface area contributed by atoms with Crippen molar-refractivity contribution in [3.05, 3.63) is 30.3 Å². The normalized spacial score (nSPS) is 10.4. The molecule has 0 unspecified atom stereocenters. The summed E-state index contributed by atoms with van der Waals surface area (Å²) in [6.07, 6.45) is 3.71. The van der Waals surface area contributed by atoms with E-state index in [9.17, 15) is 4.79 Å². The van der Waals surface area contributed by atoms with Crippen LogP contribution < -0.4 is 4.90 Å². The van der Waals surface area contributed by atoms with Crippen LogP contribution in [0.1, 0.15) is 32.1 Å². The lowest BCUT2D eigenvalue weighted by molar-refractivity contribution is -0.137. The van der Waals surface area contributed by atoms with Crippen molar-refractivity contribution in [2.24, 2.45) is 0 Å². The highest BCUT2D eigenvalue weighted by Gasteiger charge is 2.06. The third-order valence-corrected chi connectivity index (χ3v) is 3.03. The molecule has 0 aliphatic carbocycles. The number of carbonyl (C=O) groups is 1. The van der Waals surface area contributed by atoms with Crippen LogP contribution in [0, 0.1) is 0 Å². The summed E-state index contributed by atoms with van der Waals surface area (Å²) in [5.41, 5.74) is 1.14. The molecule has 0 saturated carbocycles. The van der Waals surface area contributed by atoms with Gasteiger partial charge in [0.15, 0.2) is 0 Å². The van der Waals surface area contributed by atoms with Gasteiger partial charge in [-0.1, -0.05) is 18.2 Å². The van der Waals surface area contributed by atoms with Crippen molar-refractivity contribution in [3.63, 3.8) is 0 Å². The maximum atomic E-state index is 10.6. The van der Waals surface area contributed by atoms with Crippen molar-refractivity contribution >= 4 is 11.7 Å². The molecule has 0 spiro atoms. The number of carboxylic acid groups (broad SMARTS) is 1. The molecule has 0 aromatic heterocycles. The van der Waals surface area contributed by atoms with Gasteiger partial charge in [0, 0.05) is 31.8 Å². The van der Waals surface area contributed by atoms with Gasteiger partial charge in [-0.3, -0.25) is 4.79 Å². The Balaban J connectivity index is 2.45.